The number of rotatable bonds is 8. The molecule has 1 aromatic heterocycles. The standard InChI is InChI=1S/C26H35N3O2/c1-18-15-19(2)17-21(16-18)31-14-10-9-13-29-23-12-8-7-11-22(23)28-24(29)20(3)27-25(30)26(4,5)6/h7-8,11-12,15-17,20H,9-10,13-14H2,1-6H3,(H,27,30). The molecule has 0 saturated carbocycles. The van der Waals surface area contributed by atoms with Crippen molar-refractivity contribution in [2.24, 2.45) is 5.41 Å². The molecule has 0 radical (unpaired) electrons. The Balaban J connectivity index is 1.66. The Morgan fingerprint density at radius 2 is 1.77 bits per heavy atom. The van der Waals surface area contributed by atoms with Crippen molar-refractivity contribution in [3.05, 3.63) is 59.4 Å². The lowest BCUT2D eigenvalue weighted by atomic mass is 9.95. The number of ether oxygens (including phenoxy) is 1. The maximum absolute atomic E-state index is 12.5. The van der Waals surface area contributed by atoms with Crippen LogP contribution in [-0.2, 0) is 11.3 Å². The Hall–Kier alpha value is -2.82. The highest BCUT2D eigenvalue weighted by atomic mass is 16.5. The summed E-state index contributed by atoms with van der Waals surface area (Å²) in [5.41, 5.74) is 4.06. The molecule has 5 heteroatoms. The van der Waals surface area contributed by atoms with E-state index in [1.54, 1.807) is 0 Å². The Morgan fingerprint density at radius 3 is 2.45 bits per heavy atom. The minimum atomic E-state index is -0.434. The molecule has 5 nitrogen and oxygen atoms in total. The summed E-state index contributed by atoms with van der Waals surface area (Å²) < 4.78 is 8.20. The largest absolute Gasteiger partial charge is 0.494 e. The Morgan fingerprint density at radius 1 is 1.10 bits per heavy atom. The van der Waals surface area contributed by atoms with E-state index >= 15 is 0 Å². The zero-order chi connectivity index (χ0) is 22.6. The predicted octanol–water partition coefficient (Wildman–Crippen LogP) is 5.74. The zero-order valence-electron chi connectivity index (χ0n) is 19.7. The second-order valence-corrected chi connectivity index (χ2v) is 9.43. The van der Waals surface area contributed by atoms with E-state index in [1.165, 1.54) is 11.1 Å². The number of hydrogen-bond donors (Lipinski definition) is 1. The van der Waals surface area contributed by atoms with Crippen molar-refractivity contribution in [2.45, 2.75) is 67.0 Å². The quantitative estimate of drug-likeness (QED) is 0.472. The molecule has 1 N–H and O–H groups in total. The van der Waals surface area contributed by atoms with Crippen molar-refractivity contribution in [2.75, 3.05) is 6.61 Å². The van der Waals surface area contributed by atoms with E-state index in [0.717, 1.165) is 42.0 Å². The molecule has 2 aromatic carbocycles. The van der Waals surface area contributed by atoms with E-state index in [-0.39, 0.29) is 11.9 Å². The van der Waals surface area contributed by atoms with Gasteiger partial charge in [0.25, 0.3) is 0 Å². The summed E-state index contributed by atoms with van der Waals surface area (Å²) in [7, 11) is 0. The second-order valence-electron chi connectivity index (χ2n) is 9.43. The molecule has 1 amide bonds. The van der Waals surface area contributed by atoms with Crippen molar-refractivity contribution >= 4 is 16.9 Å². The third kappa shape index (κ3) is 5.87. The fourth-order valence-electron chi connectivity index (χ4n) is 3.72. The molecule has 0 aliphatic rings. The lowest BCUT2D eigenvalue weighted by Gasteiger charge is -2.22. The fraction of sp³-hybridized carbons (Fsp3) is 0.462. The molecule has 166 valence electrons. The normalized spacial score (nSPS) is 12.7. The highest BCUT2D eigenvalue weighted by Crippen LogP contribution is 2.23. The van der Waals surface area contributed by atoms with Gasteiger partial charge in [0.2, 0.25) is 5.91 Å². The molecule has 0 spiro atoms. The van der Waals surface area contributed by atoms with Gasteiger partial charge in [-0.3, -0.25) is 4.79 Å². The molecular formula is C26H35N3O2. The number of hydrogen-bond acceptors (Lipinski definition) is 3. The van der Waals surface area contributed by atoms with E-state index in [4.69, 9.17) is 9.72 Å². The Labute approximate surface area is 185 Å². The number of carbonyl (C=O) groups is 1. The van der Waals surface area contributed by atoms with Crippen LogP contribution in [0.5, 0.6) is 5.75 Å². The third-order valence-corrected chi connectivity index (χ3v) is 5.34. The van der Waals surface area contributed by atoms with Gasteiger partial charge in [-0.25, -0.2) is 4.98 Å². The van der Waals surface area contributed by atoms with Crippen LogP contribution in [0.4, 0.5) is 0 Å². The summed E-state index contributed by atoms with van der Waals surface area (Å²) >= 11 is 0. The van der Waals surface area contributed by atoms with Crippen LogP contribution in [0.3, 0.4) is 0 Å². The van der Waals surface area contributed by atoms with E-state index in [0.29, 0.717) is 6.61 Å². The number of carbonyl (C=O) groups excluding carboxylic acids is 1. The topological polar surface area (TPSA) is 56.1 Å². The number of nitrogens with one attached hydrogen (secondary N) is 1. The molecular weight excluding hydrogens is 386 g/mol. The number of benzene rings is 2. The number of nitrogens with zero attached hydrogens (tertiary/aromatic N) is 2. The second kappa shape index (κ2) is 9.54. The zero-order valence-corrected chi connectivity index (χ0v) is 19.7. The highest BCUT2D eigenvalue weighted by molar-refractivity contribution is 5.82. The molecule has 3 aromatic rings. The van der Waals surface area contributed by atoms with Gasteiger partial charge in [-0.05, 0) is 69.0 Å². The fourth-order valence-corrected chi connectivity index (χ4v) is 3.72. The monoisotopic (exact) mass is 421 g/mol. The number of fused-ring (bicyclic) bond motifs is 1. The molecule has 0 aliphatic heterocycles. The van der Waals surface area contributed by atoms with Crippen LogP contribution in [0.1, 0.15) is 63.5 Å². The summed E-state index contributed by atoms with van der Waals surface area (Å²) in [6.07, 6.45) is 1.92. The molecule has 3 rings (SSSR count). The van der Waals surface area contributed by atoms with Crippen LogP contribution < -0.4 is 10.1 Å². The van der Waals surface area contributed by atoms with Crippen LogP contribution in [-0.4, -0.2) is 22.1 Å². The molecule has 31 heavy (non-hydrogen) atoms. The molecule has 0 saturated heterocycles. The first-order valence-corrected chi connectivity index (χ1v) is 11.1. The molecule has 1 unspecified atom stereocenters. The number of aromatic nitrogens is 2. The maximum atomic E-state index is 12.5. The SMILES string of the molecule is Cc1cc(C)cc(OCCCCn2c(C(C)NC(=O)C(C)(C)C)nc3ccccc32)c1. The first-order valence-electron chi connectivity index (χ1n) is 11.1. The van der Waals surface area contributed by atoms with Gasteiger partial charge < -0.3 is 14.6 Å². The molecule has 0 fully saturated rings. The van der Waals surface area contributed by atoms with Gasteiger partial charge >= 0.3 is 0 Å². The first kappa shape index (κ1) is 22.9. The van der Waals surface area contributed by atoms with Crippen LogP contribution in [0.25, 0.3) is 11.0 Å². The van der Waals surface area contributed by atoms with Crippen LogP contribution in [0, 0.1) is 19.3 Å². The van der Waals surface area contributed by atoms with Gasteiger partial charge in [-0.2, -0.15) is 0 Å². The van der Waals surface area contributed by atoms with Crippen LogP contribution >= 0.6 is 0 Å². The van der Waals surface area contributed by atoms with Crippen LogP contribution in [0.15, 0.2) is 42.5 Å². The third-order valence-electron chi connectivity index (χ3n) is 5.34. The minimum Gasteiger partial charge on any atom is -0.494 e. The first-order chi connectivity index (χ1) is 14.6. The van der Waals surface area contributed by atoms with Gasteiger partial charge in [0.05, 0.1) is 23.7 Å². The average Bonchev–Trinajstić information content (AvgIpc) is 3.05. The smallest absolute Gasteiger partial charge is 0.225 e. The lowest BCUT2D eigenvalue weighted by molar-refractivity contribution is -0.129. The summed E-state index contributed by atoms with van der Waals surface area (Å²) in [6, 6.07) is 14.3. The Bertz CT molecular complexity index is 1030. The summed E-state index contributed by atoms with van der Waals surface area (Å²) in [4.78, 5) is 17.3. The number of imidazole rings is 1. The summed E-state index contributed by atoms with van der Waals surface area (Å²) in [5, 5.41) is 3.12. The van der Waals surface area contributed by atoms with Crippen molar-refractivity contribution in [3.63, 3.8) is 0 Å². The van der Waals surface area contributed by atoms with Gasteiger partial charge in [-0.15, -0.1) is 0 Å². The minimum absolute atomic E-state index is 0.0282. The highest BCUT2D eigenvalue weighted by Gasteiger charge is 2.25. The van der Waals surface area contributed by atoms with Gasteiger partial charge in [-0.1, -0.05) is 39.0 Å². The number of aryl methyl sites for hydroxylation is 3. The van der Waals surface area contributed by atoms with E-state index in [9.17, 15) is 4.79 Å². The number of unbranched alkanes of at least 4 members (excludes halogenated alkanes) is 1. The van der Waals surface area contributed by atoms with E-state index in [2.05, 4.69) is 48.0 Å². The molecule has 1 atom stereocenters. The number of para-hydroxylation sites is 2. The maximum Gasteiger partial charge on any atom is 0.225 e. The van der Waals surface area contributed by atoms with Crippen molar-refractivity contribution < 1.29 is 9.53 Å². The average molecular weight is 422 g/mol. The lowest BCUT2D eigenvalue weighted by Crippen LogP contribution is -2.37. The molecule has 0 aliphatic carbocycles. The molecule has 0 bridgehead atoms. The van der Waals surface area contributed by atoms with E-state index in [1.807, 2.05) is 45.9 Å². The van der Waals surface area contributed by atoms with Crippen molar-refractivity contribution in [3.8, 4) is 5.75 Å². The van der Waals surface area contributed by atoms with Gasteiger partial charge in [0, 0.05) is 12.0 Å². The summed E-state index contributed by atoms with van der Waals surface area (Å²) in [6.45, 7) is 13.5. The Kier molecular flexibility index (Phi) is 7.04. The van der Waals surface area contributed by atoms with Gasteiger partial charge in [0.15, 0.2) is 0 Å². The van der Waals surface area contributed by atoms with E-state index < -0.39 is 5.41 Å². The van der Waals surface area contributed by atoms with Crippen molar-refractivity contribution in [1.29, 1.82) is 0 Å². The van der Waals surface area contributed by atoms with Gasteiger partial charge in [0.1, 0.15) is 11.6 Å². The number of amides is 1. The van der Waals surface area contributed by atoms with Crippen molar-refractivity contribution in [1.82, 2.24) is 14.9 Å². The predicted molar refractivity (Wildman–Crippen MR) is 126 cm³/mol. The van der Waals surface area contributed by atoms with Crippen LogP contribution in [0.2, 0.25) is 0 Å². The molecule has 1 heterocycles. The summed E-state index contributed by atoms with van der Waals surface area (Å²) in [5.74, 6) is 1.86.